The fraction of sp³-hybridized carbons (Fsp3) is 1.00. The van der Waals surface area contributed by atoms with E-state index in [2.05, 4.69) is 25.7 Å². The van der Waals surface area contributed by atoms with Crippen LogP contribution in [0.3, 0.4) is 0 Å². The molecule has 1 nitrogen and oxygen atoms in total. The maximum atomic E-state index is 2.50. The Labute approximate surface area is 81.5 Å². The highest BCUT2D eigenvalue weighted by Gasteiger charge is 1.96. The molecule has 0 N–H and O–H groups in total. The van der Waals surface area contributed by atoms with Gasteiger partial charge in [0, 0.05) is 0 Å². The molecular formula is C10H26NP. The Balaban J connectivity index is 0. The highest BCUT2D eigenvalue weighted by molar-refractivity contribution is 6.92. The number of rotatable bonds is 7. The Kier molecular flexibility index (Phi) is 14.1. The third-order valence-electron chi connectivity index (χ3n) is 2.22. The summed E-state index contributed by atoms with van der Waals surface area (Å²) in [6.45, 7) is 10.5. The van der Waals surface area contributed by atoms with Gasteiger partial charge in [0.15, 0.2) is 0 Å². The van der Waals surface area contributed by atoms with Gasteiger partial charge >= 0.3 is 0 Å². The maximum Gasteiger partial charge on any atom is -0.00190 e. The van der Waals surface area contributed by atoms with Gasteiger partial charge in [0.25, 0.3) is 0 Å². The molecule has 0 amide bonds. The molecule has 1 unspecified atom stereocenters. The van der Waals surface area contributed by atoms with Crippen molar-refractivity contribution in [2.24, 2.45) is 0 Å². The second-order valence-electron chi connectivity index (χ2n) is 3.09. The lowest BCUT2D eigenvalue weighted by Gasteiger charge is -2.17. The SMILES string of the molecule is CCCCCCN(CC)CC.P. The van der Waals surface area contributed by atoms with Gasteiger partial charge in [-0.2, -0.15) is 9.90 Å². The normalized spacial score (nSPS) is 10.0. The van der Waals surface area contributed by atoms with Crippen LogP contribution in [-0.2, 0) is 0 Å². The molecule has 0 saturated carbocycles. The smallest absolute Gasteiger partial charge is 0.00190 e. The summed E-state index contributed by atoms with van der Waals surface area (Å²) < 4.78 is 0. The number of unbranched alkanes of at least 4 members (excludes halogenated alkanes) is 3. The van der Waals surface area contributed by atoms with E-state index in [4.69, 9.17) is 0 Å². The van der Waals surface area contributed by atoms with Crippen LogP contribution in [0.15, 0.2) is 0 Å². The summed E-state index contributed by atoms with van der Waals surface area (Å²) in [6.07, 6.45) is 5.54. The van der Waals surface area contributed by atoms with E-state index in [0.717, 1.165) is 0 Å². The fourth-order valence-corrected chi connectivity index (χ4v) is 1.30. The Bertz CT molecular complexity index is 72.2. The molecule has 76 valence electrons. The first-order chi connectivity index (χ1) is 5.35. The van der Waals surface area contributed by atoms with Crippen LogP contribution in [0.25, 0.3) is 0 Å². The van der Waals surface area contributed by atoms with Gasteiger partial charge in [-0.1, -0.05) is 40.0 Å². The van der Waals surface area contributed by atoms with Gasteiger partial charge < -0.3 is 4.90 Å². The van der Waals surface area contributed by atoms with Crippen LogP contribution in [0.1, 0.15) is 46.5 Å². The molecule has 0 fully saturated rings. The maximum absolute atomic E-state index is 2.50. The average molecular weight is 191 g/mol. The van der Waals surface area contributed by atoms with Crippen LogP contribution in [0.5, 0.6) is 0 Å². The third kappa shape index (κ3) is 8.49. The summed E-state index contributed by atoms with van der Waals surface area (Å²) in [5, 5.41) is 0. The van der Waals surface area contributed by atoms with E-state index in [1.54, 1.807) is 0 Å². The molecule has 0 heterocycles. The zero-order valence-corrected chi connectivity index (χ0v) is 10.5. The average Bonchev–Trinajstić information content (AvgIpc) is 2.05. The minimum Gasteiger partial charge on any atom is -0.304 e. The van der Waals surface area contributed by atoms with Crippen LogP contribution in [-0.4, -0.2) is 24.5 Å². The summed E-state index contributed by atoms with van der Waals surface area (Å²) in [7, 11) is 0. The van der Waals surface area contributed by atoms with E-state index in [0.29, 0.717) is 0 Å². The summed E-state index contributed by atoms with van der Waals surface area (Å²) in [6, 6.07) is 0. The van der Waals surface area contributed by atoms with Crippen LogP contribution < -0.4 is 0 Å². The van der Waals surface area contributed by atoms with E-state index in [1.807, 2.05) is 0 Å². The van der Waals surface area contributed by atoms with Crippen molar-refractivity contribution in [1.82, 2.24) is 4.90 Å². The first-order valence-electron chi connectivity index (χ1n) is 5.07. The molecule has 1 atom stereocenters. The Hall–Kier alpha value is 0.390. The molecule has 0 aromatic carbocycles. The predicted octanol–water partition coefficient (Wildman–Crippen LogP) is 2.97. The lowest BCUT2D eigenvalue weighted by atomic mass is 10.2. The molecule has 0 aliphatic rings. The van der Waals surface area contributed by atoms with Crippen molar-refractivity contribution in [3.05, 3.63) is 0 Å². The summed E-state index contributed by atoms with van der Waals surface area (Å²) in [4.78, 5) is 2.50. The van der Waals surface area contributed by atoms with Crippen LogP contribution in [0.2, 0.25) is 0 Å². The monoisotopic (exact) mass is 191 g/mol. The van der Waals surface area contributed by atoms with E-state index >= 15 is 0 Å². The summed E-state index contributed by atoms with van der Waals surface area (Å²) >= 11 is 0. The quantitative estimate of drug-likeness (QED) is 0.442. The lowest BCUT2D eigenvalue weighted by molar-refractivity contribution is 0.295. The highest BCUT2D eigenvalue weighted by Crippen LogP contribution is 2.00. The lowest BCUT2D eigenvalue weighted by Crippen LogP contribution is -2.23. The second-order valence-corrected chi connectivity index (χ2v) is 3.09. The standard InChI is InChI=1S/C10H23N.H3P/c1-4-7-8-9-10-11(5-2)6-3;/h4-10H2,1-3H3;1H3. The third-order valence-corrected chi connectivity index (χ3v) is 2.22. The summed E-state index contributed by atoms with van der Waals surface area (Å²) in [5.41, 5.74) is 0. The minimum atomic E-state index is 0. The van der Waals surface area contributed by atoms with E-state index in [-0.39, 0.29) is 9.90 Å². The van der Waals surface area contributed by atoms with Gasteiger partial charge in [0.05, 0.1) is 0 Å². The van der Waals surface area contributed by atoms with Gasteiger partial charge in [-0.15, -0.1) is 0 Å². The van der Waals surface area contributed by atoms with Gasteiger partial charge in [-0.3, -0.25) is 0 Å². The molecule has 0 radical (unpaired) electrons. The van der Waals surface area contributed by atoms with Crippen molar-refractivity contribution in [2.45, 2.75) is 46.5 Å². The van der Waals surface area contributed by atoms with Gasteiger partial charge in [-0.05, 0) is 26.1 Å². The topological polar surface area (TPSA) is 3.24 Å². The van der Waals surface area contributed by atoms with E-state index in [1.165, 1.54) is 45.3 Å². The van der Waals surface area contributed by atoms with Crippen molar-refractivity contribution in [1.29, 1.82) is 0 Å². The van der Waals surface area contributed by atoms with Crippen molar-refractivity contribution in [2.75, 3.05) is 19.6 Å². The zero-order chi connectivity index (χ0) is 8.53. The number of hydrogen-bond acceptors (Lipinski definition) is 1. The molecule has 12 heavy (non-hydrogen) atoms. The fourth-order valence-electron chi connectivity index (χ4n) is 1.30. The van der Waals surface area contributed by atoms with Crippen molar-refractivity contribution < 1.29 is 0 Å². The summed E-state index contributed by atoms with van der Waals surface area (Å²) in [5.74, 6) is 0. The van der Waals surface area contributed by atoms with Crippen molar-refractivity contribution >= 4 is 9.90 Å². The van der Waals surface area contributed by atoms with Gasteiger partial charge in [0.2, 0.25) is 0 Å². The zero-order valence-electron chi connectivity index (χ0n) is 9.10. The molecule has 0 rings (SSSR count). The second kappa shape index (κ2) is 11.4. The van der Waals surface area contributed by atoms with Crippen molar-refractivity contribution in [3.63, 3.8) is 0 Å². The van der Waals surface area contributed by atoms with E-state index < -0.39 is 0 Å². The molecule has 0 spiro atoms. The molecule has 2 heteroatoms. The first kappa shape index (κ1) is 14.9. The largest absolute Gasteiger partial charge is 0.304 e. The first-order valence-corrected chi connectivity index (χ1v) is 5.07. The van der Waals surface area contributed by atoms with Crippen molar-refractivity contribution in [3.8, 4) is 0 Å². The Morgan fingerprint density at radius 3 is 1.83 bits per heavy atom. The Morgan fingerprint density at radius 1 is 0.833 bits per heavy atom. The molecule has 0 aliphatic heterocycles. The van der Waals surface area contributed by atoms with Crippen LogP contribution >= 0.6 is 9.90 Å². The molecule has 0 aromatic rings. The molecular weight excluding hydrogens is 165 g/mol. The predicted molar refractivity (Wildman–Crippen MR) is 63.0 cm³/mol. The van der Waals surface area contributed by atoms with Crippen LogP contribution in [0, 0.1) is 0 Å². The Morgan fingerprint density at radius 2 is 1.42 bits per heavy atom. The van der Waals surface area contributed by atoms with Gasteiger partial charge in [-0.25, -0.2) is 0 Å². The van der Waals surface area contributed by atoms with Gasteiger partial charge in [0.1, 0.15) is 0 Å². The van der Waals surface area contributed by atoms with E-state index in [9.17, 15) is 0 Å². The van der Waals surface area contributed by atoms with Crippen LogP contribution in [0.4, 0.5) is 0 Å². The number of hydrogen-bond donors (Lipinski definition) is 0. The highest BCUT2D eigenvalue weighted by atomic mass is 31.0. The minimum absolute atomic E-state index is 0. The molecule has 0 aromatic heterocycles. The molecule has 0 bridgehead atoms. The molecule has 0 aliphatic carbocycles. The number of nitrogens with zero attached hydrogens (tertiary/aromatic N) is 1. The molecule has 0 saturated heterocycles.